The van der Waals surface area contributed by atoms with Gasteiger partial charge in [-0.25, -0.2) is 0 Å². The Morgan fingerprint density at radius 1 is 1.13 bits per heavy atom. The molecule has 1 aliphatic rings. The van der Waals surface area contributed by atoms with Crippen molar-refractivity contribution < 1.29 is 23.9 Å². The fourth-order valence-electron chi connectivity index (χ4n) is 3.39. The molecule has 0 unspecified atom stereocenters. The third-order valence-electron chi connectivity index (χ3n) is 5.22. The van der Waals surface area contributed by atoms with Gasteiger partial charge in [0.2, 0.25) is 5.91 Å². The molecular formula is C23H24N2O5. The Bertz CT molecular complexity index is 1010. The molecule has 0 spiro atoms. The van der Waals surface area contributed by atoms with Crippen LogP contribution in [0, 0.1) is 19.8 Å². The Kier molecular flexibility index (Phi) is 6.30. The van der Waals surface area contributed by atoms with Crippen molar-refractivity contribution in [2.24, 2.45) is 5.92 Å². The van der Waals surface area contributed by atoms with Gasteiger partial charge in [0, 0.05) is 29.9 Å². The van der Waals surface area contributed by atoms with Gasteiger partial charge in [-0.1, -0.05) is 24.3 Å². The number of aryl methyl sites for hydroxylation is 1. The molecule has 0 bridgehead atoms. The number of carbonyl (C=O) groups is 4. The minimum Gasteiger partial charge on any atom is -0.455 e. The molecule has 7 heteroatoms. The van der Waals surface area contributed by atoms with Crippen LogP contribution in [0.3, 0.4) is 0 Å². The number of hydrogen-bond acceptors (Lipinski definition) is 5. The van der Waals surface area contributed by atoms with Gasteiger partial charge in [-0.15, -0.1) is 0 Å². The number of ether oxygens (including phenoxy) is 1. The van der Waals surface area contributed by atoms with E-state index in [2.05, 4.69) is 5.32 Å². The van der Waals surface area contributed by atoms with Crippen molar-refractivity contribution in [3.8, 4) is 0 Å². The second-order valence-corrected chi connectivity index (χ2v) is 7.42. The highest BCUT2D eigenvalue weighted by Gasteiger charge is 2.37. The van der Waals surface area contributed by atoms with Crippen molar-refractivity contribution in [3.05, 3.63) is 59.2 Å². The SMILES string of the molecule is CC(=O)c1cccc(NC(=O)COC(=O)[C@H]2CC(=O)N(c3cccc(C)c3C)C2)c1. The normalized spacial score (nSPS) is 15.8. The quantitative estimate of drug-likeness (QED) is 0.586. The number of hydrogen-bond donors (Lipinski definition) is 1. The van der Waals surface area contributed by atoms with Gasteiger partial charge in [0.1, 0.15) is 0 Å². The minimum absolute atomic E-state index is 0.0501. The lowest BCUT2D eigenvalue weighted by Crippen LogP contribution is -2.28. The summed E-state index contributed by atoms with van der Waals surface area (Å²) in [4.78, 5) is 49.9. The smallest absolute Gasteiger partial charge is 0.311 e. The largest absolute Gasteiger partial charge is 0.455 e. The van der Waals surface area contributed by atoms with E-state index in [-0.39, 0.29) is 24.7 Å². The van der Waals surface area contributed by atoms with E-state index in [0.717, 1.165) is 16.8 Å². The molecule has 0 radical (unpaired) electrons. The van der Waals surface area contributed by atoms with Crippen LogP contribution in [0.4, 0.5) is 11.4 Å². The molecular weight excluding hydrogens is 384 g/mol. The summed E-state index contributed by atoms with van der Waals surface area (Å²) in [5.74, 6) is -1.97. The molecule has 2 aromatic carbocycles. The maximum Gasteiger partial charge on any atom is 0.311 e. The summed E-state index contributed by atoms with van der Waals surface area (Å²) in [6.07, 6.45) is 0.0501. The van der Waals surface area contributed by atoms with Crippen molar-refractivity contribution in [2.45, 2.75) is 27.2 Å². The first-order valence-corrected chi connectivity index (χ1v) is 9.70. The van der Waals surface area contributed by atoms with E-state index >= 15 is 0 Å². The summed E-state index contributed by atoms with van der Waals surface area (Å²) < 4.78 is 5.13. The van der Waals surface area contributed by atoms with E-state index < -0.39 is 24.4 Å². The number of nitrogens with one attached hydrogen (secondary N) is 1. The molecule has 0 aromatic heterocycles. The van der Waals surface area contributed by atoms with Gasteiger partial charge in [0.25, 0.3) is 5.91 Å². The first-order valence-electron chi connectivity index (χ1n) is 9.70. The molecule has 1 atom stereocenters. The van der Waals surface area contributed by atoms with Crippen molar-refractivity contribution in [2.75, 3.05) is 23.4 Å². The topological polar surface area (TPSA) is 92.8 Å². The second kappa shape index (κ2) is 8.90. The third kappa shape index (κ3) is 4.74. The van der Waals surface area contributed by atoms with Gasteiger partial charge in [-0.2, -0.15) is 0 Å². The molecule has 1 fully saturated rings. The zero-order valence-corrected chi connectivity index (χ0v) is 17.2. The molecule has 0 aliphatic carbocycles. The Morgan fingerprint density at radius 3 is 2.60 bits per heavy atom. The molecule has 2 amide bonds. The molecule has 1 aliphatic heterocycles. The number of amides is 2. The minimum atomic E-state index is -0.619. The van der Waals surface area contributed by atoms with Gasteiger partial charge >= 0.3 is 5.97 Å². The number of rotatable bonds is 6. The van der Waals surface area contributed by atoms with Crippen molar-refractivity contribution in [1.29, 1.82) is 0 Å². The predicted molar refractivity (Wildman–Crippen MR) is 112 cm³/mol. The fraction of sp³-hybridized carbons (Fsp3) is 0.304. The third-order valence-corrected chi connectivity index (χ3v) is 5.22. The van der Waals surface area contributed by atoms with E-state index in [1.807, 2.05) is 32.0 Å². The number of ketones is 1. The molecule has 7 nitrogen and oxygen atoms in total. The lowest BCUT2D eigenvalue weighted by Gasteiger charge is -2.20. The summed E-state index contributed by atoms with van der Waals surface area (Å²) in [5.41, 5.74) is 3.77. The van der Waals surface area contributed by atoms with E-state index in [4.69, 9.17) is 4.74 Å². The fourth-order valence-corrected chi connectivity index (χ4v) is 3.39. The number of esters is 1. The monoisotopic (exact) mass is 408 g/mol. The molecule has 3 rings (SSSR count). The van der Waals surface area contributed by atoms with Crippen molar-refractivity contribution in [1.82, 2.24) is 0 Å². The zero-order chi connectivity index (χ0) is 21.8. The van der Waals surface area contributed by atoms with E-state index in [1.54, 1.807) is 29.2 Å². The van der Waals surface area contributed by atoms with Gasteiger partial charge < -0.3 is 15.0 Å². The first-order chi connectivity index (χ1) is 14.3. The maximum atomic E-state index is 12.4. The summed E-state index contributed by atoms with van der Waals surface area (Å²) in [7, 11) is 0. The number of Topliss-reactive ketones (excluding diaryl/α,β-unsaturated/α-hetero) is 1. The van der Waals surface area contributed by atoms with Gasteiger partial charge in [-0.05, 0) is 50.1 Å². The average molecular weight is 408 g/mol. The van der Waals surface area contributed by atoms with Crippen LogP contribution in [0.15, 0.2) is 42.5 Å². The van der Waals surface area contributed by atoms with E-state index in [0.29, 0.717) is 11.3 Å². The van der Waals surface area contributed by atoms with Crippen LogP contribution in [-0.4, -0.2) is 36.7 Å². The number of nitrogens with zero attached hydrogens (tertiary/aromatic N) is 1. The molecule has 30 heavy (non-hydrogen) atoms. The van der Waals surface area contributed by atoms with Crippen LogP contribution in [0.2, 0.25) is 0 Å². The molecule has 1 N–H and O–H groups in total. The number of carbonyl (C=O) groups excluding carboxylic acids is 4. The van der Waals surface area contributed by atoms with E-state index in [9.17, 15) is 19.2 Å². The highest BCUT2D eigenvalue weighted by atomic mass is 16.5. The van der Waals surface area contributed by atoms with Crippen LogP contribution in [0.5, 0.6) is 0 Å². The Hall–Kier alpha value is -3.48. The maximum absolute atomic E-state index is 12.4. The first kappa shape index (κ1) is 21.2. The molecule has 1 saturated heterocycles. The van der Waals surface area contributed by atoms with Gasteiger partial charge in [-0.3, -0.25) is 19.2 Å². The zero-order valence-electron chi connectivity index (χ0n) is 17.2. The summed E-state index contributed by atoms with van der Waals surface area (Å²) in [6, 6.07) is 12.2. The summed E-state index contributed by atoms with van der Waals surface area (Å²) in [5, 5.41) is 2.59. The van der Waals surface area contributed by atoms with E-state index in [1.165, 1.54) is 6.92 Å². The predicted octanol–water partition coefficient (Wildman–Crippen LogP) is 3.04. The number of anilines is 2. The van der Waals surface area contributed by atoms with Crippen LogP contribution in [0.25, 0.3) is 0 Å². The Morgan fingerprint density at radius 2 is 1.87 bits per heavy atom. The second-order valence-electron chi connectivity index (χ2n) is 7.42. The standard InChI is InChI=1S/C23H24N2O5/c1-14-6-4-9-20(15(14)2)25-12-18(11-22(25)28)23(29)30-13-21(27)24-19-8-5-7-17(10-19)16(3)26/h4-10,18H,11-13H2,1-3H3,(H,24,27)/t18-/m0/s1. The lowest BCUT2D eigenvalue weighted by atomic mass is 10.1. The highest BCUT2D eigenvalue weighted by molar-refractivity contribution is 6.01. The van der Waals surface area contributed by atoms with Crippen molar-refractivity contribution >= 4 is 34.9 Å². The van der Waals surface area contributed by atoms with Gasteiger partial charge in [0.05, 0.1) is 5.92 Å². The summed E-state index contributed by atoms with van der Waals surface area (Å²) >= 11 is 0. The molecule has 1 heterocycles. The number of benzene rings is 2. The van der Waals surface area contributed by atoms with Crippen LogP contribution in [-0.2, 0) is 19.1 Å². The van der Waals surface area contributed by atoms with Crippen LogP contribution in [0.1, 0.15) is 34.8 Å². The molecule has 2 aromatic rings. The lowest BCUT2D eigenvalue weighted by molar-refractivity contribution is -0.151. The molecule has 0 saturated carbocycles. The van der Waals surface area contributed by atoms with Crippen LogP contribution >= 0.6 is 0 Å². The van der Waals surface area contributed by atoms with Crippen LogP contribution < -0.4 is 10.2 Å². The summed E-state index contributed by atoms with van der Waals surface area (Å²) in [6.45, 7) is 5.11. The Balaban J connectivity index is 1.56. The molecule has 156 valence electrons. The van der Waals surface area contributed by atoms with Crippen molar-refractivity contribution in [3.63, 3.8) is 0 Å². The Labute approximate surface area is 175 Å². The highest BCUT2D eigenvalue weighted by Crippen LogP contribution is 2.29. The average Bonchev–Trinajstić information content (AvgIpc) is 3.10. The van der Waals surface area contributed by atoms with Gasteiger partial charge in [0.15, 0.2) is 12.4 Å².